The number of anilines is 1. The van der Waals surface area contributed by atoms with Crippen molar-refractivity contribution >= 4 is 23.3 Å². The van der Waals surface area contributed by atoms with Crippen LogP contribution < -0.4 is 10.1 Å². The summed E-state index contributed by atoms with van der Waals surface area (Å²) in [6, 6.07) is 17.4. The lowest BCUT2D eigenvalue weighted by atomic mass is 9.82. The molecule has 0 radical (unpaired) electrons. The lowest BCUT2D eigenvalue weighted by Crippen LogP contribution is -2.23. The van der Waals surface area contributed by atoms with Gasteiger partial charge in [-0.05, 0) is 36.1 Å². The summed E-state index contributed by atoms with van der Waals surface area (Å²) in [6.07, 6.45) is 3.00. The number of hydrogen-bond donors (Lipinski definition) is 2. The molecule has 1 heterocycles. The fourth-order valence-corrected chi connectivity index (χ4v) is 3.81. The van der Waals surface area contributed by atoms with Crippen molar-refractivity contribution in [3.8, 4) is 5.75 Å². The highest BCUT2D eigenvalue weighted by molar-refractivity contribution is 6.31. The predicted molar refractivity (Wildman–Crippen MR) is 113 cm³/mol. The van der Waals surface area contributed by atoms with E-state index in [1.807, 2.05) is 54.6 Å². The topological polar surface area (TPSA) is 79.6 Å². The molecule has 148 valence electrons. The average Bonchev–Trinajstić information content (AvgIpc) is 2.77. The van der Waals surface area contributed by atoms with E-state index >= 15 is 0 Å². The van der Waals surface area contributed by atoms with Gasteiger partial charge in [0.2, 0.25) is 5.95 Å². The molecule has 0 saturated carbocycles. The minimum atomic E-state index is 0.103. The van der Waals surface area contributed by atoms with Crippen LogP contribution in [0.2, 0.25) is 5.02 Å². The van der Waals surface area contributed by atoms with E-state index in [-0.39, 0.29) is 5.92 Å². The van der Waals surface area contributed by atoms with E-state index in [0.29, 0.717) is 42.7 Å². The minimum absolute atomic E-state index is 0.103. The van der Waals surface area contributed by atoms with Crippen LogP contribution in [0.5, 0.6) is 5.75 Å². The van der Waals surface area contributed by atoms with Crippen molar-refractivity contribution in [1.82, 2.24) is 9.97 Å². The van der Waals surface area contributed by atoms with Crippen molar-refractivity contribution in [3.63, 3.8) is 0 Å². The number of halogens is 1. The van der Waals surface area contributed by atoms with Crippen molar-refractivity contribution < 1.29 is 9.94 Å². The first-order valence-electron chi connectivity index (χ1n) is 9.48. The zero-order valence-electron chi connectivity index (χ0n) is 15.8. The van der Waals surface area contributed by atoms with Crippen LogP contribution in [0.25, 0.3) is 0 Å². The highest BCUT2D eigenvalue weighted by Gasteiger charge is 2.28. The third-order valence-electron chi connectivity index (χ3n) is 4.92. The molecule has 3 aromatic rings. The second-order valence-corrected chi connectivity index (χ2v) is 7.22. The van der Waals surface area contributed by atoms with Gasteiger partial charge >= 0.3 is 0 Å². The molecule has 1 aromatic heterocycles. The molecule has 0 spiro atoms. The molecule has 0 bridgehead atoms. The van der Waals surface area contributed by atoms with Crippen LogP contribution in [0.4, 0.5) is 5.95 Å². The molecule has 1 unspecified atom stereocenters. The maximum atomic E-state index is 9.49. The van der Waals surface area contributed by atoms with Crippen LogP contribution in [0.1, 0.15) is 29.2 Å². The van der Waals surface area contributed by atoms with E-state index in [1.54, 1.807) is 6.20 Å². The smallest absolute Gasteiger partial charge is 0.223 e. The Hall–Kier alpha value is -3.12. The number of oxime groups is 1. The summed E-state index contributed by atoms with van der Waals surface area (Å²) in [5.41, 5.74) is 3.23. The molecule has 29 heavy (non-hydrogen) atoms. The van der Waals surface area contributed by atoms with Gasteiger partial charge in [0.25, 0.3) is 0 Å². The molecule has 0 aliphatic heterocycles. The summed E-state index contributed by atoms with van der Waals surface area (Å²) >= 11 is 6.38. The molecule has 4 rings (SSSR count). The Morgan fingerprint density at radius 3 is 2.69 bits per heavy atom. The molecular formula is C22H21ClN4O2. The molecule has 7 heteroatoms. The van der Waals surface area contributed by atoms with Gasteiger partial charge < -0.3 is 15.3 Å². The lowest BCUT2D eigenvalue weighted by Gasteiger charge is -2.25. The third-order valence-corrected chi connectivity index (χ3v) is 5.27. The predicted octanol–water partition coefficient (Wildman–Crippen LogP) is 4.53. The Labute approximate surface area is 174 Å². The Kier molecular flexibility index (Phi) is 5.91. The number of fused-ring (bicyclic) bond motifs is 1. The zero-order valence-corrected chi connectivity index (χ0v) is 16.5. The molecule has 1 atom stereocenters. The summed E-state index contributed by atoms with van der Waals surface area (Å²) in [6.45, 7) is 1.07. The van der Waals surface area contributed by atoms with Gasteiger partial charge in [0.15, 0.2) is 0 Å². The fraction of sp³-hybridized carbons (Fsp3) is 0.227. The van der Waals surface area contributed by atoms with Crippen LogP contribution in [-0.2, 0) is 6.42 Å². The molecular weight excluding hydrogens is 388 g/mol. The minimum Gasteiger partial charge on any atom is -0.492 e. The molecule has 1 aliphatic rings. The third kappa shape index (κ3) is 4.49. The van der Waals surface area contributed by atoms with Crippen LogP contribution in [0, 0.1) is 0 Å². The zero-order chi connectivity index (χ0) is 20.1. The fourth-order valence-electron chi connectivity index (χ4n) is 3.52. The summed E-state index contributed by atoms with van der Waals surface area (Å²) in [4.78, 5) is 9.00. The standard InChI is InChI=1S/C22H21ClN4O2/c23-19-9-5-4-8-17(19)15-12-20-18(21(13-15)27-28)14-25-22(26-20)24-10-11-29-16-6-2-1-3-7-16/h1-9,14-15,28H,10-13H2,(H,24,25,26)/b27-21+. The van der Waals surface area contributed by atoms with Crippen LogP contribution in [-0.4, -0.2) is 34.0 Å². The van der Waals surface area contributed by atoms with Crippen molar-refractivity contribution in [1.29, 1.82) is 0 Å². The Morgan fingerprint density at radius 2 is 1.90 bits per heavy atom. The number of benzene rings is 2. The monoisotopic (exact) mass is 408 g/mol. The number of rotatable bonds is 6. The molecule has 0 saturated heterocycles. The van der Waals surface area contributed by atoms with E-state index < -0.39 is 0 Å². The first-order chi connectivity index (χ1) is 14.2. The first kappa shape index (κ1) is 19.2. The van der Waals surface area contributed by atoms with Gasteiger partial charge in [0.05, 0.1) is 18.0 Å². The van der Waals surface area contributed by atoms with Gasteiger partial charge in [-0.25, -0.2) is 9.97 Å². The summed E-state index contributed by atoms with van der Waals surface area (Å²) in [7, 11) is 0. The summed E-state index contributed by atoms with van der Waals surface area (Å²) in [5.74, 6) is 1.45. The van der Waals surface area contributed by atoms with Gasteiger partial charge in [0.1, 0.15) is 12.4 Å². The molecule has 0 amide bonds. The second kappa shape index (κ2) is 8.92. The molecule has 0 fully saturated rings. The molecule has 1 aliphatic carbocycles. The maximum absolute atomic E-state index is 9.49. The van der Waals surface area contributed by atoms with Gasteiger partial charge in [-0.15, -0.1) is 0 Å². The van der Waals surface area contributed by atoms with Crippen LogP contribution in [0.15, 0.2) is 65.9 Å². The number of hydrogen-bond acceptors (Lipinski definition) is 6. The van der Waals surface area contributed by atoms with Crippen molar-refractivity contribution in [2.24, 2.45) is 5.16 Å². The number of aromatic nitrogens is 2. The van der Waals surface area contributed by atoms with Crippen molar-refractivity contribution in [2.75, 3.05) is 18.5 Å². The number of nitrogens with one attached hydrogen (secondary N) is 1. The quantitative estimate of drug-likeness (QED) is 0.356. The van der Waals surface area contributed by atoms with Crippen molar-refractivity contribution in [2.45, 2.75) is 18.8 Å². The van der Waals surface area contributed by atoms with Crippen LogP contribution in [0.3, 0.4) is 0 Å². The summed E-state index contributed by atoms with van der Waals surface area (Å²) < 4.78 is 5.68. The SMILES string of the molecule is O/N=C1\CC(c2ccccc2Cl)Cc2nc(NCCOc3ccccc3)ncc21. The Bertz CT molecular complexity index is 1010. The lowest BCUT2D eigenvalue weighted by molar-refractivity contribution is 0.316. The van der Waals surface area contributed by atoms with E-state index in [0.717, 1.165) is 22.6 Å². The largest absolute Gasteiger partial charge is 0.492 e. The average molecular weight is 409 g/mol. The molecule has 6 nitrogen and oxygen atoms in total. The Morgan fingerprint density at radius 1 is 1.10 bits per heavy atom. The first-order valence-corrected chi connectivity index (χ1v) is 9.85. The second-order valence-electron chi connectivity index (χ2n) is 6.82. The van der Waals surface area contributed by atoms with E-state index in [9.17, 15) is 5.21 Å². The highest BCUT2D eigenvalue weighted by atomic mass is 35.5. The van der Waals surface area contributed by atoms with Gasteiger partial charge in [-0.3, -0.25) is 0 Å². The normalized spacial score (nSPS) is 17.0. The summed E-state index contributed by atoms with van der Waals surface area (Å²) in [5, 5.41) is 16.9. The maximum Gasteiger partial charge on any atom is 0.223 e. The number of ether oxygens (including phenoxy) is 1. The van der Waals surface area contributed by atoms with Gasteiger partial charge in [0, 0.05) is 23.2 Å². The van der Waals surface area contributed by atoms with E-state index in [1.165, 1.54) is 0 Å². The molecule has 2 N–H and O–H groups in total. The highest BCUT2D eigenvalue weighted by Crippen LogP contribution is 2.35. The Balaban J connectivity index is 1.45. The molecule has 2 aromatic carbocycles. The van der Waals surface area contributed by atoms with Gasteiger partial charge in [-0.1, -0.05) is 53.2 Å². The van der Waals surface area contributed by atoms with Crippen molar-refractivity contribution in [3.05, 3.63) is 82.6 Å². The van der Waals surface area contributed by atoms with Crippen LogP contribution >= 0.6 is 11.6 Å². The number of para-hydroxylation sites is 1. The number of nitrogens with zero attached hydrogens (tertiary/aromatic N) is 3. The van der Waals surface area contributed by atoms with Gasteiger partial charge in [-0.2, -0.15) is 0 Å². The van der Waals surface area contributed by atoms with E-state index in [2.05, 4.69) is 20.4 Å². The van der Waals surface area contributed by atoms with E-state index in [4.69, 9.17) is 16.3 Å².